The number of ether oxygens (including phenoxy) is 1. The zero-order chi connectivity index (χ0) is 15.5. The third-order valence-corrected chi connectivity index (χ3v) is 4.35. The number of hydrogen-bond acceptors (Lipinski definition) is 2. The van der Waals surface area contributed by atoms with Crippen molar-refractivity contribution in [3.8, 4) is 5.75 Å². The van der Waals surface area contributed by atoms with Gasteiger partial charge in [-0.05, 0) is 43.1 Å². The molecule has 0 aliphatic carbocycles. The Bertz CT molecular complexity index is 395. The molecule has 0 saturated heterocycles. The minimum absolute atomic E-state index is 0.542. The van der Waals surface area contributed by atoms with Crippen LogP contribution in [0, 0.1) is 0 Å². The van der Waals surface area contributed by atoms with Crippen molar-refractivity contribution in [2.45, 2.75) is 64.8 Å². The van der Waals surface area contributed by atoms with Gasteiger partial charge in [0, 0.05) is 10.5 Å². The summed E-state index contributed by atoms with van der Waals surface area (Å²) >= 11 is 3.56. The van der Waals surface area contributed by atoms with Crippen LogP contribution in [-0.2, 0) is 6.42 Å². The maximum atomic E-state index is 5.49. The fourth-order valence-corrected chi connectivity index (χ4v) is 3.14. The minimum Gasteiger partial charge on any atom is -0.496 e. The van der Waals surface area contributed by atoms with E-state index in [-0.39, 0.29) is 0 Å². The Morgan fingerprint density at radius 2 is 1.90 bits per heavy atom. The molecule has 1 N–H and O–H groups in total. The second-order valence-corrected chi connectivity index (χ2v) is 6.53. The molecular formula is C18H30BrNO. The molecule has 120 valence electrons. The predicted molar refractivity (Wildman–Crippen MR) is 95.2 cm³/mol. The van der Waals surface area contributed by atoms with Crippen LogP contribution in [0.3, 0.4) is 0 Å². The SMILES string of the molecule is CCCCCCCC(Cc1cc(Br)ccc1OC)NCC. The van der Waals surface area contributed by atoms with Gasteiger partial charge in [-0.3, -0.25) is 0 Å². The van der Waals surface area contributed by atoms with Crippen molar-refractivity contribution in [2.75, 3.05) is 13.7 Å². The topological polar surface area (TPSA) is 21.3 Å². The first kappa shape index (κ1) is 18.5. The van der Waals surface area contributed by atoms with Crippen LogP contribution in [0.1, 0.15) is 57.9 Å². The van der Waals surface area contributed by atoms with Gasteiger partial charge in [-0.1, -0.05) is 61.9 Å². The number of hydrogen-bond donors (Lipinski definition) is 1. The van der Waals surface area contributed by atoms with Gasteiger partial charge in [0.2, 0.25) is 0 Å². The summed E-state index contributed by atoms with van der Waals surface area (Å²) in [6.07, 6.45) is 8.99. The molecule has 1 aromatic carbocycles. The first-order chi connectivity index (χ1) is 10.2. The normalized spacial score (nSPS) is 12.4. The zero-order valence-corrected chi connectivity index (χ0v) is 15.3. The van der Waals surface area contributed by atoms with Crippen LogP contribution < -0.4 is 10.1 Å². The molecule has 0 spiro atoms. The summed E-state index contributed by atoms with van der Waals surface area (Å²) in [5.41, 5.74) is 1.28. The summed E-state index contributed by atoms with van der Waals surface area (Å²) in [4.78, 5) is 0. The Morgan fingerprint density at radius 1 is 1.14 bits per heavy atom. The number of methoxy groups -OCH3 is 1. The second-order valence-electron chi connectivity index (χ2n) is 5.62. The predicted octanol–water partition coefficient (Wildman–Crippen LogP) is 5.34. The lowest BCUT2D eigenvalue weighted by Gasteiger charge is -2.19. The van der Waals surface area contributed by atoms with Crippen LogP contribution >= 0.6 is 15.9 Å². The Balaban J connectivity index is 2.54. The molecule has 0 bridgehead atoms. The molecule has 1 atom stereocenters. The molecule has 0 saturated carbocycles. The number of halogens is 1. The fourth-order valence-electron chi connectivity index (χ4n) is 2.73. The first-order valence-electron chi connectivity index (χ1n) is 8.27. The molecule has 3 heteroatoms. The molecule has 0 aliphatic rings. The summed E-state index contributed by atoms with van der Waals surface area (Å²) in [6, 6.07) is 6.80. The lowest BCUT2D eigenvalue weighted by molar-refractivity contribution is 0.400. The highest BCUT2D eigenvalue weighted by Gasteiger charge is 2.12. The average molecular weight is 356 g/mol. The Labute approximate surface area is 138 Å². The van der Waals surface area contributed by atoms with Crippen LogP contribution in [0.25, 0.3) is 0 Å². The molecule has 1 rings (SSSR count). The Hall–Kier alpha value is -0.540. The van der Waals surface area contributed by atoms with Gasteiger partial charge in [0.1, 0.15) is 5.75 Å². The Morgan fingerprint density at radius 3 is 2.57 bits per heavy atom. The first-order valence-corrected chi connectivity index (χ1v) is 9.06. The summed E-state index contributed by atoms with van der Waals surface area (Å²) in [5.74, 6) is 0.993. The van der Waals surface area contributed by atoms with E-state index in [1.165, 1.54) is 44.1 Å². The molecule has 0 aliphatic heterocycles. The highest BCUT2D eigenvalue weighted by atomic mass is 79.9. The lowest BCUT2D eigenvalue weighted by Crippen LogP contribution is -2.31. The monoisotopic (exact) mass is 355 g/mol. The highest BCUT2D eigenvalue weighted by Crippen LogP contribution is 2.25. The van der Waals surface area contributed by atoms with E-state index >= 15 is 0 Å². The van der Waals surface area contributed by atoms with E-state index in [2.05, 4.69) is 41.2 Å². The molecule has 0 aromatic heterocycles. The van der Waals surface area contributed by atoms with E-state index < -0.39 is 0 Å². The van der Waals surface area contributed by atoms with E-state index in [1.54, 1.807) is 7.11 Å². The highest BCUT2D eigenvalue weighted by molar-refractivity contribution is 9.10. The molecule has 0 amide bonds. The smallest absolute Gasteiger partial charge is 0.122 e. The summed E-state index contributed by atoms with van der Waals surface area (Å²) < 4.78 is 6.61. The van der Waals surface area contributed by atoms with Gasteiger partial charge < -0.3 is 10.1 Å². The van der Waals surface area contributed by atoms with Gasteiger partial charge >= 0.3 is 0 Å². The molecule has 0 heterocycles. The zero-order valence-electron chi connectivity index (χ0n) is 13.8. The number of nitrogens with one attached hydrogen (secondary N) is 1. The van der Waals surface area contributed by atoms with Gasteiger partial charge in [0.15, 0.2) is 0 Å². The van der Waals surface area contributed by atoms with Crippen molar-refractivity contribution < 1.29 is 4.74 Å². The van der Waals surface area contributed by atoms with E-state index in [1.807, 2.05) is 12.1 Å². The van der Waals surface area contributed by atoms with Crippen LogP contribution in [0.5, 0.6) is 5.75 Å². The number of benzene rings is 1. The maximum Gasteiger partial charge on any atom is 0.122 e. The Kier molecular flexibility index (Phi) is 9.77. The van der Waals surface area contributed by atoms with E-state index in [4.69, 9.17) is 4.74 Å². The van der Waals surface area contributed by atoms with Gasteiger partial charge in [-0.2, -0.15) is 0 Å². The second kappa shape index (κ2) is 11.1. The molecular weight excluding hydrogens is 326 g/mol. The van der Waals surface area contributed by atoms with Crippen LogP contribution in [-0.4, -0.2) is 19.7 Å². The van der Waals surface area contributed by atoms with Crippen LogP contribution in [0.2, 0.25) is 0 Å². The third kappa shape index (κ3) is 7.32. The summed E-state index contributed by atoms with van der Waals surface area (Å²) in [5, 5.41) is 3.62. The van der Waals surface area contributed by atoms with E-state index in [0.29, 0.717) is 6.04 Å². The van der Waals surface area contributed by atoms with Gasteiger partial charge in [0.25, 0.3) is 0 Å². The fraction of sp³-hybridized carbons (Fsp3) is 0.667. The van der Waals surface area contributed by atoms with Gasteiger partial charge in [-0.25, -0.2) is 0 Å². The molecule has 2 nitrogen and oxygen atoms in total. The van der Waals surface area contributed by atoms with Crippen LogP contribution in [0.15, 0.2) is 22.7 Å². The summed E-state index contributed by atoms with van der Waals surface area (Å²) in [7, 11) is 1.75. The maximum absolute atomic E-state index is 5.49. The van der Waals surface area contributed by atoms with Crippen molar-refractivity contribution in [2.24, 2.45) is 0 Å². The number of rotatable bonds is 11. The summed E-state index contributed by atoms with van der Waals surface area (Å²) in [6.45, 7) is 5.47. The minimum atomic E-state index is 0.542. The molecule has 1 aromatic rings. The molecule has 0 fully saturated rings. The van der Waals surface area contributed by atoms with Gasteiger partial charge in [-0.15, -0.1) is 0 Å². The van der Waals surface area contributed by atoms with Crippen molar-refractivity contribution in [1.82, 2.24) is 5.32 Å². The van der Waals surface area contributed by atoms with Crippen molar-refractivity contribution in [3.05, 3.63) is 28.2 Å². The van der Waals surface area contributed by atoms with E-state index in [0.717, 1.165) is 23.2 Å². The van der Waals surface area contributed by atoms with Crippen molar-refractivity contribution >= 4 is 15.9 Å². The van der Waals surface area contributed by atoms with Crippen molar-refractivity contribution in [1.29, 1.82) is 0 Å². The number of likely N-dealkylation sites (N-methyl/N-ethyl adjacent to an activating group) is 1. The van der Waals surface area contributed by atoms with Crippen molar-refractivity contribution in [3.63, 3.8) is 0 Å². The quantitative estimate of drug-likeness (QED) is 0.541. The molecule has 1 unspecified atom stereocenters. The number of unbranched alkanes of at least 4 members (excludes halogenated alkanes) is 4. The van der Waals surface area contributed by atoms with E-state index in [9.17, 15) is 0 Å². The average Bonchev–Trinajstić information content (AvgIpc) is 2.47. The van der Waals surface area contributed by atoms with Gasteiger partial charge in [0.05, 0.1) is 7.11 Å². The standard InChI is InChI=1S/C18H30BrNO/c1-4-6-7-8-9-10-17(20-5-2)14-15-13-16(19)11-12-18(15)21-3/h11-13,17,20H,4-10,14H2,1-3H3. The largest absolute Gasteiger partial charge is 0.496 e. The molecule has 21 heavy (non-hydrogen) atoms. The third-order valence-electron chi connectivity index (χ3n) is 3.86. The lowest BCUT2D eigenvalue weighted by atomic mass is 9.99. The molecule has 0 radical (unpaired) electrons. The van der Waals surface area contributed by atoms with Crippen LogP contribution in [0.4, 0.5) is 0 Å².